The van der Waals surface area contributed by atoms with Gasteiger partial charge in [-0.2, -0.15) is 0 Å². The summed E-state index contributed by atoms with van der Waals surface area (Å²) in [5.41, 5.74) is 1.31. The Bertz CT molecular complexity index is 428. The minimum atomic E-state index is -0.470. The number of anilines is 1. The van der Waals surface area contributed by atoms with Crippen molar-refractivity contribution in [3.05, 3.63) is 27.2 Å². The monoisotopic (exact) mass is 273 g/mol. The third kappa shape index (κ3) is 1.19. The van der Waals surface area contributed by atoms with Crippen molar-refractivity contribution in [3.8, 4) is 0 Å². The van der Waals surface area contributed by atoms with Gasteiger partial charge >= 0.3 is 0 Å². The lowest BCUT2D eigenvalue weighted by molar-refractivity contribution is -0.119. The maximum absolute atomic E-state index is 11.6. The van der Waals surface area contributed by atoms with Gasteiger partial charge in [0.05, 0.1) is 20.6 Å². The van der Waals surface area contributed by atoms with Crippen LogP contribution in [0.15, 0.2) is 16.6 Å². The summed E-state index contributed by atoms with van der Waals surface area (Å²) >= 11 is 9.30. The molecular weight excluding hydrogens is 265 g/mol. The number of carbonyl (C=O) groups is 1. The lowest BCUT2D eigenvalue weighted by atomic mass is 9.86. The molecule has 1 aromatic carbocycles. The molecule has 0 saturated carbocycles. The molecule has 0 bridgehead atoms. The molecule has 0 spiro atoms. The van der Waals surface area contributed by atoms with E-state index in [9.17, 15) is 4.79 Å². The maximum atomic E-state index is 11.6. The van der Waals surface area contributed by atoms with Gasteiger partial charge in [-0.3, -0.25) is 4.79 Å². The predicted octanol–water partition coefficient (Wildman–Crippen LogP) is 3.33. The number of carbonyl (C=O) groups excluding carboxylic acids is 1. The lowest BCUT2D eigenvalue weighted by Gasteiger charge is -2.14. The largest absolute Gasteiger partial charge is 0.324 e. The Kier molecular flexibility index (Phi) is 2.12. The Morgan fingerprint density at radius 2 is 2.07 bits per heavy atom. The molecule has 0 fully saturated rings. The van der Waals surface area contributed by atoms with Gasteiger partial charge in [-0.1, -0.05) is 17.7 Å². The van der Waals surface area contributed by atoms with Crippen molar-refractivity contribution in [2.45, 2.75) is 19.3 Å². The SMILES string of the molecule is CC1(C)C(=O)Nc2c1ccc(Cl)c2Br. The van der Waals surface area contributed by atoms with E-state index in [-0.39, 0.29) is 5.91 Å². The van der Waals surface area contributed by atoms with Gasteiger partial charge in [0.2, 0.25) is 5.91 Å². The molecule has 0 atom stereocenters. The summed E-state index contributed by atoms with van der Waals surface area (Å²) < 4.78 is 0.760. The smallest absolute Gasteiger partial charge is 0.234 e. The third-order valence-electron chi connectivity index (χ3n) is 2.57. The van der Waals surface area contributed by atoms with Crippen LogP contribution in [0, 0.1) is 0 Å². The zero-order valence-corrected chi connectivity index (χ0v) is 10.2. The van der Waals surface area contributed by atoms with E-state index >= 15 is 0 Å². The van der Waals surface area contributed by atoms with Gasteiger partial charge in [-0.05, 0) is 41.4 Å². The van der Waals surface area contributed by atoms with Gasteiger partial charge in [0.15, 0.2) is 0 Å². The van der Waals surface area contributed by atoms with Gasteiger partial charge in [0.1, 0.15) is 0 Å². The van der Waals surface area contributed by atoms with E-state index in [0.29, 0.717) is 5.02 Å². The first-order valence-electron chi connectivity index (χ1n) is 4.24. The van der Waals surface area contributed by atoms with Crippen molar-refractivity contribution >= 4 is 39.1 Å². The molecule has 2 rings (SSSR count). The fourth-order valence-electron chi connectivity index (χ4n) is 1.59. The first kappa shape index (κ1) is 9.99. The molecule has 1 amide bonds. The molecule has 1 aliphatic rings. The van der Waals surface area contributed by atoms with Gasteiger partial charge < -0.3 is 5.32 Å². The number of fused-ring (bicyclic) bond motifs is 1. The summed E-state index contributed by atoms with van der Waals surface area (Å²) in [6.07, 6.45) is 0. The average Bonchev–Trinajstić information content (AvgIpc) is 2.33. The number of amides is 1. The summed E-state index contributed by atoms with van der Waals surface area (Å²) in [7, 11) is 0. The highest BCUT2D eigenvalue weighted by atomic mass is 79.9. The number of rotatable bonds is 0. The highest BCUT2D eigenvalue weighted by Gasteiger charge is 2.39. The predicted molar refractivity (Wildman–Crippen MR) is 60.8 cm³/mol. The molecule has 1 N–H and O–H groups in total. The molecule has 0 aliphatic carbocycles. The van der Waals surface area contributed by atoms with Crippen molar-refractivity contribution in [2.75, 3.05) is 5.32 Å². The summed E-state index contributed by atoms with van der Waals surface area (Å²) in [5, 5.41) is 3.44. The van der Waals surface area contributed by atoms with E-state index in [1.807, 2.05) is 19.9 Å². The summed E-state index contributed by atoms with van der Waals surface area (Å²) in [6, 6.07) is 3.69. The summed E-state index contributed by atoms with van der Waals surface area (Å²) in [6.45, 7) is 3.79. The average molecular weight is 275 g/mol. The molecule has 0 radical (unpaired) electrons. The second-order valence-electron chi connectivity index (χ2n) is 3.86. The minimum Gasteiger partial charge on any atom is -0.324 e. The second kappa shape index (κ2) is 2.97. The third-order valence-corrected chi connectivity index (χ3v) is 3.94. The van der Waals surface area contributed by atoms with Crippen LogP contribution in [0.3, 0.4) is 0 Å². The minimum absolute atomic E-state index is 0.00969. The highest BCUT2D eigenvalue weighted by Crippen LogP contribution is 2.44. The van der Waals surface area contributed by atoms with Crippen LogP contribution in [-0.4, -0.2) is 5.91 Å². The van der Waals surface area contributed by atoms with E-state index in [4.69, 9.17) is 11.6 Å². The molecule has 74 valence electrons. The second-order valence-corrected chi connectivity index (χ2v) is 5.06. The van der Waals surface area contributed by atoms with Crippen molar-refractivity contribution < 1.29 is 4.79 Å². The summed E-state index contributed by atoms with van der Waals surface area (Å²) in [5.74, 6) is 0.00969. The van der Waals surface area contributed by atoms with Crippen LogP contribution < -0.4 is 5.32 Å². The molecule has 14 heavy (non-hydrogen) atoms. The van der Waals surface area contributed by atoms with Crippen LogP contribution in [0.5, 0.6) is 0 Å². The Labute approximate surface area is 95.8 Å². The van der Waals surface area contributed by atoms with Crippen LogP contribution in [0.4, 0.5) is 5.69 Å². The first-order valence-corrected chi connectivity index (χ1v) is 5.41. The van der Waals surface area contributed by atoms with Crippen LogP contribution in [0.1, 0.15) is 19.4 Å². The van der Waals surface area contributed by atoms with Crippen LogP contribution in [-0.2, 0) is 10.2 Å². The molecular formula is C10H9BrClNO. The first-order chi connectivity index (χ1) is 6.44. The van der Waals surface area contributed by atoms with E-state index in [0.717, 1.165) is 15.7 Å². The highest BCUT2D eigenvalue weighted by molar-refractivity contribution is 9.10. The number of hydrogen-bond donors (Lipinski definition) is 1. The van der Waals surface area contributed by atoms with Crippen LogP contribution in [0.2, 0.25) is 5.02 Å². The molecule has 1 aromatic rings. The molecule has 4 heteroatoms. The number of nitrogens with one attached hydrogen (secondary N) is 1. The molecule has 1 heterocycles. The van der Waals surface area contributed by atoms with E-state index in [2.05, 4.69) is 21.2 Å². The van der Waals surface area contributed by atoms with Crippen molar-refractivity contribution in [3.63, 3.8) is 0 Å². The molecule has 0 saturated heterocycles. The fourth-order valence-corrected chi connectivity index (χ4v) is 2.19. The standard InChI is InChI=1S/C10H9BrClNO/c1-10(2)5-3-4-6(12)7(11)8(5)13-9(10)14/h3-4H,1-2H3,(H,13,14). The Morgan fingerprint density at radius 3 is 2.71 bits per heavy atom. The Morgan fingerprint density at radius 1 is 1.43 bits per heavy atom. The van der Waals surface area contributed by atoms with Crippen LogP contribution >= 0.6 is 27.5 Å². The van der Waals surface area contributed by atoms with Gasteiger partial charge in [0, 0.05) is 0 Å². The molecule has 0 unspecified atom stereocenters. The van der Waals surface area contributed by atoms with Crippen molar-refractivity contribution in [2.24, 2.45) is 0 Å². The van der Waals surface area contributed by atoms with Gasteiger partial charge in [-0.15, -0.1) is 0 Å². The van der Waals surface area contributed by atoms with Gasteiger partial charge in [0.25, 0.3) is 0 Å². The summed E-state index contributed by atoms with van der Waals surface area (Å²) in [4.78, 5) is 11.6. The van der Waals surface area contributed by atoms with Crippen molar-refractivity contribution in [1.29, 1.82) is 0 Å². The van der Waals surface area contributed by atoms with Gasteiger partial charge in [-0.25, -0.2) is 0 Å². The fraction of sp³-hybridized carbons (Fsp3) is 0.300. The van der Waals surface area contributed by atoms with Crippen LogP contribution in [0.25, 0.3) is 0 Å². The number of benzene rings is 1. The molecule has 0 aromatic heterocycles. The maximum Gasteiger partial charge on any atom is 0.234 e. The Hall–Kier alpha value is -0.540. The zero-order chi connectivity index (χ0) is 10.5. The van der Waals surface area contributed by atoms with Crippen molar-refractivity contribution in [1.82, 2.24) is 0 Å². The van der Waals surface area contributed by atoms with E-state index in [1.165, 1.54) is 0 Å². The zero-order valence-electron chi connectivity index (χ0n) is 7.82. The van der Waals surface area contributed by atoms with E-state index in [1.54, 1.807) is 6.07 Å². The Balaban J connectivity index is 2.70. The number of halogens is 2. The topological polar surface area (TPSA) is 29.1 Å². The number of hydrogen-bond acceptors (Lipinski definition) is 1. The normalized spacial score (nSPS) is 17.9. The quantitative estimate of drug-likeness (QED) is 0.772. The molecule has 1 aliphatic heterocycles. The molecule has 2 nitrogen and oxygen atoms in total. The lowest BCUT2D eigenvalue weighted by Crippen LogP contribution is -2.26. The van der Waals surface area contributed by atoms with E-state index < -0.39 is 5.41 Å².